The zero-order valence-corrected chi connectivity index (χ0v) is 19.4. The van der Waals surface area contributed by atoms with E-state index >= 15 is 0 Å². The first-order chi connectivity index (χ1) is 16.2. The normalized spacial score (nSPS) is 19.2. The van der Waals surface area contributed by atoms with E-state index in [0.29, 0.717) is 24.7 Å². The predicted octanol–water partition coefficient (Wildman–Crippen LogP) is 1.65. The highest BCUT2D eigenvalue weighted by Crippen LogP contribution is 2.41. The number of amides is 1. The number of nitrogens with one attached hydrogen (secondary N) is 1. The zero-order valence-electron chi connectivity index (χ0n) is 19.4. The summed E-state index contributed by atoms with van der Waals surface area (Å²) in [6.45, 7) is 1.56. The molecule has 0 saturated heterocycles. The molecule has 1 aromatic heterocycles. The van der Waals surface area contributed by atoms with E-state index in [1.54, 1.807) is 0 Å². The molecule has 1 aliphatic carbocycles. The Balaban J connectivity index is 0.000000350. The molecule has 0 saturated carbocycles. The summed E-state index contributed by atoms with van der Waals surface area (Å²) in [5.41, 5.74) is 5.23. The standard InChI is InChI=1S/C21H27N3O2.C4H4O4/c1-23-12-14-11-19-17(16-6-5-7-18(23)20(14)16)10-15(13-24(19)2)21(26)22-8-3-4-9-25;5-3(6)1-2-4(7)8/h5-7,10,12,15,19,25H,3-4,8-9,11,13H2,1-2H3,(H,22,26);1-2H,(H,5,6)(H,7,8)/b;2-1-/t15-,19-;/m1./s1. The fourth-order valence-electron chi connectivity index (χ4n) is 4.61. The first kappa shape index (κ1) is 25.2. The molecule has 0 spiro atoms. The summed E-state index contributed by atoms with van der Waals surface area (Å²) in [4.78, 5) is 34.1. The van der Waals surface area contributed by atoms with Crippen molar-refractivity contribution in [2.45, 2.75) is 25.3 Å². The van der Waals surface area contributed by atoms with E-state index in [4.69, 9.17) is 15.3 Å². The van der Waals surface area contributed by atoms with Crippen LogP contribution in [0.15, 0.2) is 42.6 Å². The molecule has 0 bridgehead atoms. The van der Waals surface area contributed by atoms with Crippen molar-refractivity contribution in [1.82, 2.24) is 14.8 Å². The second-order valence-corrected chi connectivity index (χ2v) is 8.58. The minimum absolute atomic E-state index is 0.0896. The van der Waals surface area contributed by atoms with Crippen LogP contribution in [0.3, 0.4) is 0 Å². The highest BCUT2D eigenvalue weighted by atomic mass is 16.4. The molecule has 0 fully saturated rings. The van der Waals surface area contributed by atoms with Crippen LogP contribution < -0.4 is 5.32 Å². The van der Waals surface area contributed by atoms with Gasteiger partial charge in [-0.2, -0.15) is 0 Å². The van der Waals surface area contributed by atoms with Gasteiger partial charge in [-0.05, 0) is 49.1 Å². The Morgan fingerprint density at radius 3 is 2.47 bits per heavy atom. The number of rotatable bonds is 7. The van der Waals surface area contributed by atoms with Crippen LogP contribution in [0.1, 0.15) is 24.0 Å². The molecule has 0 unspecified atom stereocenters. The van der Waals surface area contributed by atoms with E-state index in [0.717, 1.165) is 25.8 Å². The van der Waals surface area contributed by atoms with Crippen molar-refractivity contribution in [3.05, 3.63) is 53.8 Å². The van der Waals surface area contributed by atoms with Gasteiger partial charge >= 0.3 is 11.9 Å². The number of aromatic nitrogens is 1. The zero-order chi connectivity index (χ0) is 24.8. The number of aliphatic carboxylic acids is 2. The molecule has 0 radical (unpaired) electrons. The van der Waals surface area contributed by atoms with Gasteiger partial charge in [0.25, 0.3) is 0 Å². The van der Waals surface area contributed by atoms with Crippen molar-refractivity contribution < 1.29 is 29.7 Å². The monoisotopic (exact) mass is 469 g/mol. The van der Waals surface area contributed by atoms with Gasteiger partial charge in [-0.1, -0.05) is 18.2 Å². The predicted molar refractivity (Wildman–Crippen MR) is 128 cm³/mol. The summed E-state index contributed by atoms with van der Waals surface area (Å²) < 4.78 is 2.21. The quantitative estimate of drug-likeness (QED) is 0.358. The van der Waals surface area contributed by atoms with Crippen molar-refractivity contribution in [3.63, 3.8) is 0 Å². The summed E-state index contributed by atoms with van der Waals surface area (Å²) in [5.74, 6) is -2.55. The van der Waals surface area contributed by atoms with Crippen LogP contribution >= 0.6 is 0 Å². The van der Waals surface area contributed by atoms with E-state index in [-0.39, 0.29) is 18.4 Å². The maximum Gasteiger partial charge on any atom is 0.328 e. The number of aryl methyl sites for hydroxylation is 1. The molecule has 182 valence electrons. The molecule has 4 rings (SSSR count). The van der Waals surface area contributed by atoms with Gasteiger partial charge in [0.15, 0.2) is 0 Å². The molecule has 1 aromatic carbocycles. The molecule has 2 atom stereocenters. The highest BCUT2D eigenvalue weighted by molar-refractivity contribution is 5.99. The topological polar surface area (TPSA) is 132 Å². The number of likely N-dealkylation sites (N-methyl/N-ethyl adjacent to an activating group) is 1. The van der Waals surface area contributed by atoms with Crippen molar-refractivity contribution in [2.24, 2.45) is 13.0 Å². The molecule has 2 aliphatic rings. The van der Waals surface area contributed by atoms with Crippen molar-refractivity contribution in [3.8, 4) is 0 Å². The number of nitrogens with zero attached hydrogens (tertiary/aromatic N) is 2. The molecule has 9 heteroatoms. The number of hydrogen-bond donors (Lipinski definition) is 4. The molecule has 4 N–H and O–H groups in total. The number of carbonyl (C=O) groups is 3. The Morgan fingerprint density at radius 2 is 1.82 bits per heavy atom. The minimum Gasteiger partial charge on any atom is -0.478 e. The number of unbranched alkanes of at least 4 members (excludes halogenated alkanes) is 1. The fourth-order valence-corrected chi connectivity index (χ4v) is 4.61. The molecule has 1 amide bonds. The lowest BCUT2D eigenvalue weighted by Gasteiger charge is -2.39. The van der Waals surface area contributed by atoms with Crippen LogP contribution in [0.2, 0.25) is 0 Å². The van der Waals surface area contributed by atoms with Crippen molar-refractivity contribution in [1.29, 1.82) is 0 Å². The van der Waals surface area contributed by atoms with E-state index in [9.17, 15) is 14.4 Å². The van der Waals surface area contributed by atoms with Gasteiger partial charge in [0, 0.05) is 62.0 Å². The average molecular weight is 470 g/mol. The number of aliphatic hydroxyl groups is 1. The maximum atomic E-state index is 12.6. The van der Waals surface area contributed by atoms with Crippen molar-refractivity contribution in [2.75, 3.05) is 26.7 Å². The number of fused-ring (bicyclic) bond motifs is 2. The van der Waals surface area contributed by atoms with Crippen LogP contribution in [-0.4, -0.2) is 75.4 Å². The summed E-state index contributed by atoms with van der Waals surface area (Å²) in [7, 11) is 4.23. The molecule has 2 aromatic rings. The molecular formula is C25H31N3O6. The number of carbonyl (C=O) groups excluding carboxylic acids is 1. The van der Waals surface area contributed by atoms with Crippen LogP contribution in [0, 0.1) is 5.92 Å². The first-order valence-electron chi connectivity index (χ1n) is 11.2. The number of hydrogen-bond acceptors (Lipinski definition) is 5. The lowest BCUT2D eigenvalue weighted by molar-refractivity contribution is -0.134. The lowest BCUT2D eigenvalue weighted by Crippen LogP contribution is -2.46. The van der Waals surface area contributed by atoms with E-state index < -0.39 is 11.9 Å². The third kappa shape index (κ3) is 5.73. The third-order valence-corrected chi connectivity index (χ3v) is 6.16. The van der Waals surface area contributed by atoms with E-state index in [2.05, 4.69) is 59.4 Å². The average Bonchev–Trinajstić information content (AvgIpc) is 3.12. The van der Waals surface area contributed by atoms with Crippen LogP contribution in [0.4, 0.5) is 0 Å². The van der Waals surface area contributed by atoms with E-state index in [1.165, 1.54) is 27.6 Å². The van der Waals surface area contributed by atoms with Gasteiger partial charge in [-0.25, -0.2) is 9.59 Å². The van der Waals surface area contributed by atoms with Gasteiger partial charge in [0.2, 0.25) is 5.91 Å². The largest absolute Gasteiger partial charge is 0.478 e. The van der Waals surface area contributed by atoms with E-state index in [1.807, 2.05) is 0 Å². The lowest BCUT2D eigenvalue weighted by atomic mass is 9.80. The number of aliphatic hydroxyl groups excluding tert-OH is 1. The molecular weight excluding hydrogens is 438 g/mol. The third-order valence-electron chi connectivity index (χ3n) is 6.16. The number of carboxylic acid groups (broad SMARTS) is 2. The van der Waals surface area contributed by atoms with Crippen LogP contribution in [0.5, 0.6) is 0 Å². The molecule has 9 nitrogen and oxygen atoms in total. The van der Waals surface area contributed by atoms with Gasteiger partial charge in [-0.3, -0.25) is 9.69 Å². The Labute approximate surface area is 198 Å². The van der Waals surface area contributed by atoms with Crippen LogP contribution in [-0.2, 0) is 27.9 Å². The fraction of sp³-hybridized carbons (Fsp3) is 0.400. The highest BCUT2D eigenvalue weighted by Gasteiger charge is 2.35. The summed E-state index contributed by atoms with van der Waals surface area (Å²) >= 11 is 0. The van der Waals surface area contributed by atoms with Gasteiger partial charge in [-0.15, -0.1) is 0 Å². The summed E-state index contributed by atoms with van der Waals surface area (Å²) in [5, 5.41) is 28.9. The van der Waals surface area contributed by atoms with Crippen molar-refractivity contribution >= 4 is 34.3 Å². The Hall–Kier alpha value is -3.43. The molecule has 1 aliphatic heterocycles. The SMILES string of the molecule is CN1C[C@H](C(=O)NCCCCO)C=C2c3cccc4c3c(cn4C)C[C@H]21.O=C(O)/C=C\C(=O)O. The second kappa shape index (κ2) is 11.1. The van der Waals surface area contributed by atoms with Gasteiger partial charge in [0.1, 0.15) is 0 Å². The number of benzene rings is 1. The second-order valence-electron chi connectivity index (χ2n) is 8.58. The number of carboxylic acids is 2. The molecule has 2 heterocycles. The Kier molecular flexibility index (Phi) is 8.25. The Morgan fingerprint density at radius 1 is 1.12 bits per heavy atom. The van der Waals surface area contributed by atoms with Crippen LogP contribution in [0.25, 0.3) is 16.5 Å². The smallest absolute Gasteiger partial charge is 0.328 e. The maximum absolute atomic E-state index is 12.6. The summed E-state index contributed by atoms with van der Waals surface area (Å²) in [6, 6.07) is 6.82. The summed E-state index contributed by atoms with van der Waals surface area (Å²) in [6.07, 6.45) is 8.10. The van der Waals surface area contributed by atoms with Gasteiger partial charge < -0.3 is 25.2 Å². The Bertz CT molecular complexity index is 1120. The van der Waals surface area contributed by atoms with Gasteiger partial charge in [0.05, 0.1) is 5.92 Å². The minimum atomic E-state index is -1.26. The molecule has 34 heavy (non-hydrogen) atoms. The first-order valence-corrected chi connectivity index (χ1v) is 11.2.